The van der Waals surface area contributed by atoms with Crippen molar-refractivity contribution in [2.75, 3.05) is 5.32 Å². The van der Waals surface area contributed by atoms with Crippen LogP contribution in [0.15, 0.2) is 36.9 Å². The number of carbonyl (C=O) groups excluding carboxylic acids is 1. The molecular weight excluding hydrogens is 372 g/mol. The Labute approximate surface area is 168 Å². The average Bonchev–Trinajstić information content (AvgIpc) is 3.07. The van der Waals surface area contributed by atoms with Crippen LogP contribution in [0.2, 0.25) is 0 Å². The molecule has 0 atom stereocenters. The SMILES string of the molecule is CC1(C)CC(C(=O)Nc2ncc(-c3ccc4cncnc4c3)s2)CC(C)(C)O1. The molecule has 28 heavy (non-hydrogen) atoms. The molecule has 3 aromatic rings. The summed E-state index contributed by atoms with van der Waals surface area (Å²) >= 11 is 1.47. The van der Waals surface area contributed by atoms with Crippen molar-refractivity contribution in [3.63, 3.8) is 0 Å². The van der Waals surface area contributed by atoms with Gasteiger partial charge in [-0.25, -0.2) is 15.0 Å². The van der Waals surface area contributed by atoms with Gasteiger partial charge in [0, 0.05) is 23.7 Å². The van der Waals surface area contributed by atoms with Crippen LogP contribution in [0, 0.1) is 5.92 Å². The van der Waals surface area contributed by atoms with E-state index in [0.717, 1.165) is 21.3 Å². The summed E-state index contributed by atoms with van der Waals surface area (Å²) in [5.74, 6) is -0.0833. The molecule has 0 unspecified atom stereocenters. The van der Waals surface area contributed by atoms with E-state index in [2.05, 4.69) is 20.3 Å². The highest BCUT2D eigenvalue weighted by Gasteiger charge is 2.42. The molecule has 7 heteroatoms. The first-order valence-corrected chi connectivity index (χ1v) is 10.2. The highest BCUT2D eigenvalue weighted by Crippen LogP contribution is 2.39. The van der Waals surface area contributed by atoms with Crippen molar-refractivity contribution in [1.82, 2.24) is 15.0 Å². The van der Waals surface area contributed by atoms with Crippen LogP contribution >= 0.6 is 11.3 Å². The maximum atomic E-state index is 12.8. The number of fused-ring (bicyclic) bond motifs is 1. The molecule has 1 amide bonds. The van der Waals surface area contributed by atoms with Gasteiger partial charge in [-0.3, -0.25) is 4.79 Å². The highest BCUT2D eigenvalue weighted by molar-refractivity contribution is 7.19. The van der Waals surface area contributed by atoms with E-state index < -0.39 is 0 Å². The molecule has 0 spiro atoms. The number of ether oxygens (including phenoxy) is 1. The van der Waals surface area contributed by atoms with Crippen molar-refractivity contribution in [2.45, 2.75) is 51.7 Å². The van der Waals surface area contributed by atoms with Gasteiger partial charge in [0.05, 0.1) is 21.6 Å². The number of carbonyl (C=O) groups is 1. The fourth-order valence-electron chi connectivity index (χ4n) is 4.08. The lowest BCUT2D eigenvalue weighted by Crippen LogP contribution is -2.48. The van der Waals surface area contributed by atoms with E-state index in [1.165, 1.54) is 11.3 Å². The van der Waals surface area contributed by atoms with E-state index in [4.69, 9.17) is 4.74 Å². The molecule has 0 saturated carbocycles. The number of rotatable bonds is 3. The third-order valence-corrected chi connectivity index (χ3v) is 5.89. The van der Waals surface area contributed by atoms with E-state index >= 15 is 0 Å². The first-order valence-electron chi connectivity index (χ1n) is 9.38. The fourth-order valence-corrected chi connectivity index (χ4v) is 4.89. The van der Waals surface area contributed by atoms with Gasteiger partial charge in [0.1, 0.15) is 6.33 Å². The Hall–Kier alpha value is -2.38. The fraction of sp³-hybridized carbons (Fsp3) is 0.429. The quantitative estimate of drug-likeness (QED) is 0.696. The first-order chi connectivity index (χ1) is 13.2. The Morgan fingerprint density at radius 3 is 2.64 bits per heavy atom. The zero-order valence-corrected chi connectivity index (χ0v) is 17.3. The van der Waals surface area contributed by atoms with E-state index in [1.54, 1.807) is 18.7 Å². The lowest BCUT2D eigenvalue weighted by Gasteiger charge is -2.44. The first kappa shape index (κ1) is 19.0. The largest absolute Gasteiger partial charge is 0.370 e. The van der Waals surface area contributed by atoms with Gasteiger partial charge >= 0.3 is 0 Å². The molecule has 146 valence electrons. The molecule has 2 aromatic heterocycles. The number of nitrogens with one attached hydrogen (secondary N) is 1. The van der Waals surface area contributed by atoms with Crippen LogP contribution in [-0.2, 0) is 9.53 Å². The summed E-state index contributed by atoms with van der Waals surface area (Å²) in [6, 6.07) is 6.03. The molecule has 1 aliphatic heterocycles. The summed E-state index contributed by atoms with van der Waals surface area (Å²) < 4.78 is 6.09. The van der Waals surface area contributed by atoms with E-state index in [9.17, 15) is 4.79 Å². The lowest BCUT2D eigenvalue weighted by molar-refractivity contribution is -0.176. The molecule has 6 nitrogen and oxygen atoms in total. The molecule has 0 aliphatic carbocycles. The summed E-state index contributed by atoms with van der Waals surface area (Å²) in [5.41, 5.74) is 1.28. The number of anilines is 1. The number of hydrogen-bond acceptors (Lipinski definition) is 6. The number of nitrogens with zero attached hydrogens (tertiary/aromatic N) is 3. The van der Waals surface area contributed by atoms with Crippen LogP contribution in [0.3, 0.4) is 0 Å². The monoisotopic (exact) mass is 396 g/mol. The van der Waals surface area contributed by atoms with Gasteiger partial charge in [0.25, 0.3) is 0 Å². The van der Waals surface area contributed by atoms with Crippen molar-refractivity contribution in [3.8, 4) is 10.4 Å². The third-order valence-electron chi connectivity index (χ3n) is 4.93. The van der Waals surface area contributed by atoms with Gasteiger partial charge in [-0.05, 0) is 52.2 Å². The summed E-state index contributed by atoms with van der Waals surface area (Å²) in [4.78, 5) is 26.6. The van der Waals surface area contributed by atoms with E-state index in [-0.39, 0.29) is 23.0 Å². The standard InChI is InChI=1S/C21H24N4O2S/c1-20(2)8-15(9-21(3,4)27-20)18(26)25-19-23-11-17(28-19)13-5-6-14-10-22-12-24-16(14)7-13/h5-7,10-12,15H,8-9H2,1-4H3,(H,23,25,26). The van der Waals surface area contributed by atoms with Crippen LogP contribution in [0.25, 0.3) is 21.3 Å². The maximum absolute atomic E-state index is 12.8. The normalized spacial score (nSPS) is 18.9. The van der Waals surface area contributed by atoms with Crippen LogP contribution in [0.5, 0.6) is 0 Å². The van der Waals surface area contributed by atoms with Gasteiger partial charge in [0.15, 0.2) is 5.13 Å². The second-order valence-corrected chi connectivity index (χ2v) is 9.57. The van der Waals surface area contributed by atoms with Crippen LogP contribution < -0.4 is 5.32 Å². The topological polar surface area (TPSA) is 77.0 Å². The Bertz CT molecular complexity index is 1010. The molecule has 1 saturated heterocycles. The molecule has 0 radical (unpaired) electrons. The van der Waals surface area contributed by atoms with Crippen molar-refractivity contribution >= 4 is 33.3 Å². The Balaban J connectivity index is 1.50. The van der Waals surface area contributed by atoms with Crippen molar-refractivity contribution < 1.29 is 9.53 Å². The van der Waals surface area contributed by atoms with Crippen molar-refractivity contribution in [1.29, 1.82) is 0 Å². The Kier molecular flexibility index (Phi) is 4.67. The minimum atomic E-state index is -0.315. The molecule has 1 fully saturated rings. The van der Waals surface area contributed by atoms with Gasteiger partial charge in [0.2, 0.25) is 5.91 Å². The Morgan fingerprint density at radius 2 is 1.89 bits per heavy atom. The lowest BCUT2D eigenvalue weighted by atomic mass is 9.80. The number of amides is 1. The second kappa shape index (κ2) is 6.90. The van der Waals surface area contributed by atoms with Gasteiger partial charge in [-0.15, -0.1) is 0 Å². The minimum absolute atomic E-state index is 0.0107. The number of thiazole rings is 1. The zero-order valence-electron chi connectivity index (χ0n) is 16.5. The van der Waals surface area contributed by atoms with Crippen LogP contribution in [0.4, 0.5) is 5.13 Å². The summed E-state index contributed by atoms with van der Waals surface area (Å²) in [6.45, 7) is 8.16. The van der Waals surface area contributed by atoms with Crippen LogP contribution in [-0.4, -0.2) is 32.1 Å². The molecule has 0 bridgehead atoms. The van der Waals surface area contributed by atoms with E-state index in [1.807, 2.05) is 45.9 Å². The average molecular weight is 397 g/mol. The van der Waals surface area contributed by atoms with Crippen molar-refractivity contribution in [3.05, 3.63) is 36.9 Å². The number of benzene rings is 1. The molecule has 1 aliphatic rings. The van der Waals surface area contributed by atoms with Gasteiger partial charge in [-0.1, -0.05) is 23.5 Å². The third kappa shape index (κ3) is 4.05. The van der Waals surface area contributed by atoms with Crippen molar-refractivity contribution in [2.24, 2.45) is 5.92 Å². The maximum Gasteiger partial charge on any atom is 0.229 e. The minimum Gasteiger partial charge on any atom is -0.370 e. The van der Waals surface area contributed by atoms with Gasteiger partial charge in [-0.2, -0.15) is 0 Å². The van der Waals surface area contributed by atoms with E-state index in [0.29, 0.717) is 18.0 Å². The highest BCUT2D eigenvalue weighted by atomic mass is 32.1. The predicted molar refractivity (Wildman–Crippen MR) is 111 cm³/mol. The summed E-state index contributed by atoms with van der Waals surface area (Å²) in [7, 11) is 0. The smallest absolute Gasteiger partial charge is 0.229 e. The molecular formula is C21H24N4O2S. The second-order valence-electron chi connectivity index (χ2n) is 8.54. The molecule has 3 heterocycles. The predicted octanol–water partition coefficient (Wildman–Crippen LogP) is 4.68. The number of hydrogen-bond donors (Lipinski definition) is 1. The molecule has 4 rings (SSSR count). The van der Waals surface area contributed by atoms with Crippen LogP contribution in [0.1, 0.15) is 40.5 Å². The molecule has 1 aromatic carbocycles. The number of aromatic nitrogens is 3. The van der Waals surface area contributed by atoms with Gasteiger partial charge < -0.3 is 10.1 Å². The summed E-state index contributed by atoms with van der Waals surface area (Å²) in [6.07, 6.45) is 6.53. The zero-order chi connectivity index (χ0) is 19.9. The Morgan fingerprint density at radius 1 is 1.14 bits per heavy atom. The molecule has 1 N–H and O–H groups in total. The summed E-state index contributed by atoms with van der Waals surface area (Å²) in [5, 5.41) is 4.61.